The van der Waals surface area contributed by atoms with Crippen molar-refractivity contribution in [2.24, 2.45) is 4.99 Å². The number of carbonyl (C=O) groups is 1. The smallest absolute Gasteiger partial charge is 0.259 e. The zero-order valence-electron chi connectivity index (χ0n) is 17.9. The van der Waals surface area contributed by atoms with Gasteiger partial charge in [-0.3, -0.25) is 4.79 Å². The molecule has 0 saturated carbocycles. The van der Waals surface area contributed by atoms with Gasteiger partial charge in [0, 0.05) is 10.6 Å². The Labute approximate surface area is 182 Å². The van der Waals surface area contributed by atoms with Gasteiger partial charge >= 0.3 is 0 Å². The minimum Gasteiger partial charge on any atom is -0.460 e. The third kappa shape index (κ3) is 4.57. The predicted molar refractivity (Wildman–Crippen MR) is 125 cm³/mol. The van der Waals surface area contributed by atoms with Gasteiger partial charge in [-0.15, -0.1) is 11.3 Å². The lowest BCUT2D eigenvalue weighted by molar-refractivity contribution is 0.102. The van der Waals surface area contributed by atoms with E-state index in [0.717, 1.165) is 41.3 Å². The molecule has 0 spiro atoms. The SMILES string of the molecule is Cc1ccc(C=Nc2sc3c(c2C(=O)Nc2ccc(C)c(C)c2)CCCCCC3)o1. The van der Waals surface area contributed by atoms with Gasteiger partial charge in [-0.2, -0.15) is 0 Å². The summed E-state index contributed by atoms with van der Waals surface area (Å²) < 4.78 is 5.62. The number of amides is 1. The van der Waals surface area contributed by atoms with E-state index in [4.69, 9.17) is 4.42 Å². The minimum atomic E-state index is -0.0703. The van der Waals surface area contributed by atoms with E-state index < -0.39 is 0 Å². The van der Waals surface area contributed by atoms with E-state index >= 15 is 0 Å². The van der Waals surface area contributed by atoms with Crippen molar-refractivity contribution in [1.29, 1.82) is 0 Å². The highest BCUT2D eigenvalue weighted by molar-refractivity contribution is 7.16. The number of rotatable bonds is 4. The van der Waals surface area contributed by atoms with Crippen molar-refractivity contribution in [2.75, 3.05) is 5.32 Å². The second-order valence-corrected chi connectivity index (χ2v) is 9.14. The molecule has 30 heavy (non-hydrogen) atoms. The standard InChI is InChI=1S/C25H28N2O2S/c1-16-10-12-19(14-17(16)2)27-24(28)23-21-8-6-4-5-7-9-22(21)30-25(23)26-15-20-13-11-18(3)29-20/h10-15H,4-9H2,1-3H3,(H,27,28). The van der Waals surface area contributed by atoms with Crippen LogP contribution in [-0.4, -0.2) is 12.1 Å². The van der Waals surface area contributed by atoms with Gasteiger partial charge < -0.3 is 9.73 Å². The van der Waals surface area contributed by atoms with Gasteiger partial charge in [-0.25, -0.2) is 4.99 Å². The molecule has 4 rings (SSSR count). The fourth-order valence-corrected chi connectivity index (χ4v) is 5.12. The molecule has 0 fully saturated rings. The summed E-state index contributed by atoms with van der Waals surface area (Å²) in [6.07, 6.45) is 8.46. The molecular weight excluding hydrogens is 392 g/mol. The molecule has 0 atom stereocenters. The number of hydrogen-bond donors (Lipinski definition) is 1. The van der Waals surface area contributed by atoms with Crippen molar-refractivity contribution in [3.05, 3.63) is 69.0 Å². The molecule has 1 aliphatic rings. The number of benzene rings is 1. The molecule has 0 bridgehead atoms. The van der Waals surface area contributed by atoms with Crippen LogP contribution in [0.3, 0.4) is 0 Å². The lowest BCUT2D eigenvalue weighted by Crippen LogP contribution is -2.14. The maximum Gasteiger partial charge on any atom is 0.259 e. The fourth-order valence-electron chi connectivity index (χ4n) is 3.89. The molecule has 1 aromatic carbocycles. The van der Waals surface area contributed by atoms with Crippen molar-refractivity contribution in [1.82, 2.24) is 0 Å². The van der Waals surface area contributed by atoms with Crippen molar-refractivity contribution < 1.29 is 9.21 Å². The molecule has 1 amide bonds. The first-order valence-electron chi connectivity index (χ1n) is 10.6. The number of aryl methyl sites for hydroxylation is 4. The highest BCUT2D eigenvalue weighted by atomic mass is 32.1. The summed E-state index contributed by atoms with van der Waals surface area (Å²) in [6.45, 7) is 6.05. The van der Waals surface area contributed by atoms with Gasteiger partial charge in [0.25, 0.3) is 5.91 Å². The Hall–Kier alpha value is -2.66. The minimum absolute atomic E-state index is 0.0703. The van der Waals surface area contributed by atoms with Gasteiger partial charge in [0.15, 0.2) is 0 Å². The Morgan fingerprint density at radius 1 is 1.03 bits per heavy atom. The summed E-state index contributed by atoms with van der Waals surface area (Å²) in [7, 11) is 0. The van der Waals surface area contributed by atoms with Gasteiger partial charge in [0.2, 0.25) is 0 Å². The summed E-state index contributed by atoms with van der Waals surface area (Å²) in [5, 5.41) is 3.89. The van der Waals surface area contributed by atoms with E-state index in [1.54, 1.807) is 17.6 Å². The Bertz CT molecular complexity index is 1090. The molecule has 5 heteroatoms. The number of aliphatic imine (C=N–C) groups is 1. The third-order valence-electron chi connectivity index (χ3n) is 5.71. The summed E-state index contributed by atoms with van der Waals surface area (Å²) in [6, 6.07) is 9.85. The topological polar surface area (TPSA) is 54.6 Å². The lowest BCUT2D eigenvalue weighted by atomic mass is 9.96. The predicted octanol–water partition coefficient (Wildman–Crippen LogP) is 6.93. The van der Waals surface area contributed by atoms with Gasteiger partial charge in [0.05, 0.1) is 11.8 Å². The van der Waals surface area contributed by atoms with Crippen LogP contribution in [0, 0.1) is 20.8 Å². The summed E-state index contributed by atoms with van der Waals surface area (Å²) in [5.74, 6) is 1.48. The highest BCUT2D eigenvalue weighted by Crippen LogP contribution is 2.39. The zero-order chi connectivity index (χ0) is 21.1. The van der Waals surface area contributed by atoms with E-state index in [9.17, 15) is 4.79 Å². The molecule has 1 N–H and O–H groups in total. The van der Waals surface area contributed by atoms with Crippen LogP contribution in [0.4, 0.5) is 10.7 Å². The summed E-state index contributed by atoms with van der Waals surface area (Å²) in [5.41, 5.74) is 5.12. The molecule has 2 heterocycles. The van der Waals surface area contributed by atoms with Gasteiger partial charge in [-0.1, -0.05) is 18.9 Å². The Morgan fingerprint density at radius 2 is 1.83 bits per heavy atom. The number of carbonyl (C=O) groups excluding carboxylic acids is 1. The lowest BCUT2D eigenvalue weighted by Gasteiger charge is -2.12. The maximum absolute atomic E-state index is 13.4. The molecule has 0 unspecified atom stereocenters. The molecule has 4 nitrogen and oxygen atoms in total. The largest absolute Gasteiger partial charge is 0.460 e. The molecular formula is C25H28N2O2S. The number of anilines is 1. The second kappa shape index (κ2) is 9.00. The first-order chi connectivity index (χ1) is 14.5. The summed E-state index contributed by atoms with van der Waals surface area (Å²) in [4.78, 5) is 19.4. The normalized spacial score (nSPS) is 14.4. The third-order valence-corrected chi connectivity index (χ3v) is 6.91. The molecule has 0 radical (unpaired) electrons. The molecule has 0 saturated heterocycles. The van der Waals surface area contributed by atoms with Crippen molar-refractivity contribution in [2.45, 2.75) is 59.3 Å². The van der Waals surface area contributed by atoms with E-state index in [-0.39, 0.29) is 5.91 Å². The highest BCUT2D eigenvalue weighted by Gasteiger charge is 2.24. The number of thiophene rings is 1. The van der Waals surface area contributed by atoms with Crippen LogP contribution >= 0.6 is 11.3 Å². The Balaban J connectivity index is 1.70. The van der Waals surface area contributed by atoms with Crippen molar-refractivity contribution >= 4 is 34.1 Å². The van der Waals surface area contributed by atoms with Crippen LogP contribution in [0.1, 0.15) is 69.1 Å². The first-order valence-corrected chi connectivity index (χ1v) is 11.5. The van der Waals surface area contributed by atoms with E-state index in [1.165, 1.54) is 40.8 Å². The molecule has 3 aromatic rings. The number of nitrogens with zero attached hydrogens (tertiary/aromatic N) is 1. The van der Waals surface area contributed by atoms with Crippen molar-refractivity contribution in [3.8, 4) is 0 Å². The molecule has 156 valence electrons. The van der Waals surface area contributed by atoms with E-state index in [1.807, 2.05) is 37.3 Å². The molecule has 2 aromatic heterocycles. The van der Waals surface area contributed by atoms with E-state index in [2.05, 4.69) is 24.2 Å². The van der Waals surface area contributed by atoms with E-state index in [0.29, 0.717) is 5.76 Å². The monoisotopic (exact) mass is 420 g/mol. The Kier molecular flexibility index (Phi) is 6.18. The number of fused-ring (bicyclic) bond motifs is 1. The zero-order valence-corrected chi connectivity index (χ0v) is 18.7. The average molecular weight is 421 g/mol. The van der Waals surface area contributed by atoms with Crippen LogP contribution in [0.5, 0.6) is 0 Å². The first kappa shape index (κ1) is 20.6. The van der Waals surface area contributed by atoms with Crippen LogP contribution in [-0.2, 0) is 12.8 Å². The van der Waals surface area contributed by atoms with Crippen LogP contribution in [0.15, 0.2) is 39.7 Å². The maximum atomic E-state index is 13.4. The molecule has 0 aliphatic heterocycles. The molecule has 1 aliphatic carbocycles. The number of nitrogens with one attached hydrogen (secondary N) is 1. The summed E-state index contributed by atoms with van der Waals surface area (Å²) >= 11 is 1.65. The van der Waals surface area contributed by atoms with Gasteiger partial charge in [0.1, 0.15) is 16.5 Å². The average Bonchev–Trinajstić information content (AvgIpc) is 3.26. The van der Waals surface area contributed by atoms with Crippen LogP contribution < -0.4 is 5.32 Å². The van der Waals surface area contributed by atoms with Crippen LogP contribution in [0.25, 0.3) is 0 Å². The Morgan fingerprint density at radius 3 is 2.57 bits per heavy atom. The van der Waals surface area contributed by atoms with Gasteiger partial charge in [-0.05, 0) is 87.4 Å². The number of furan rings is 1. The van der Waals surface area contributed by atoms with Crippen LogP contribution in [0.2, 0.25) is 0 Å². The second-order valence-electron chi connectivity index (χ2n) is 8.06. The fraction of sp³-hybridized carbons (Fsp3) is 0.360. The quantitative estimate of drug-likeness (QED) is 0.465. The van der Waals surface area contributed by atoms with Crippen molar-refractivity contribution in [3.63, 3.8) is 0 Å². The number of hydrogen-bond acceptors (Lipinski definition) is 4.